The van der Waals surface area contributed by atoms with Gasteiger partial charge < -0.3 is 5.73 Å². The van der Waals surface area contributed by atoms with Crippen molar-refractivity contribution in [2.45, 2.75) is 13.8 Å². The van der Waals surface area contributed by atoms with Crippen LogP contribution in [0.1, 0.15) is 13.8 Å². The zero-order chi connectivity index (χ0) is 6.57. The van der Waals surface area contributed by atoms with Gasteiger partial charge in [0.25, 0.3) is 0 Å². The highest BCUT2D eigenvalue weighted by Gasteiger charge is 1.95. The molecule has 0 bridgehead atoms. The van der Waals surface area contributed by atoms with Gasteiger partial charge >= 0.3 is 0 Å². The third kappa shape index (κ3) is 2.07. The van der Waals surface area contributed by atoms with Crippen LogP contribution in [0.15, 0.2) is 11.8 Å². The topological polar surface area (TPSA) is 26.0 Å². The lowest BCUT2D eigenvalue weighted by Crippen LogP contribution is -1.96. The molecule has 2 heteroatoms. The number of rotatable bonds is 2. The molecule has 0 spiro atoms. The molecule has 0 aromatic carbocycles. The molecule has 0 aromatic heterocycles. The fraction of sp³-hybridized carbons (Fsp3) is 0.500. The molecule has 0 amide bonds. The fourth-order valence-electron chi connectivity index (χ4n) is 0.368. The van der Waals surface area contributed by atoms with Gasteiger partial charge in [0.1, 0.15) is 0 Å². The molecular formula is C6H11NS. The van der Waals surface area contributed by atoms with Crippen molar-refractivity contribution in [2.24, 2.45) is 11.7 Å². The van der Waals surface area contributed by atoms with Crippen LogP contribution in [0.5, 0.6) is 0 Å². The summed E-state index contributed by atoms with van der Waals surface area (Å²) in [7, 11) is 0. The highest BCUT2D eigenvalue weighted by atomic mass is 32.1. The molecule has 2 N–H and O–H groups in total. The highest BCUT2D eigenvalue weighted by molar-refractivity contribution is 7.79. The predicted molar refractivity (Wildman–Crippen MR) is 40.8 cm³/mol. The number of thiocarbonyl (C=S) groups is 1. The van der Waals surface area contributed by atoms with Gasteiger partial charge in [-0.25, -0.2) is 0 Å². The summed E-state index contributed by atoms with van der Waals surface area (Å²) in [5, 5.41) is 1.62. The molecule has 0 aliphatic carbocycles. The largest absolute Gasteiger partial charge is 0.404 e. The van der Waals surface area contributed by atoms with E-state index >= 15 is 0 Å². The van der Waals surface area contributed by atoms with Crippen molar-refractivity contribution >= 4 is 17.6 Å². The van der Waals surface area contributed by atoms with Gasteiger partial charge in [0.15, 0.2) is 0 Å². The number of allylic oxidation sites excluding steroid dienone is 1. The normalized spacial score (nSPS) is 12.1. The monoisotopic (exact) mass is 129 g/mol. The first-order valence-corrected chi connectivity index (χ1v) is 3.06. The molecule has 0 fully saturated rings. The fourth-order valence-corrected chi connectivity index (χ4v) is 0.719. The highest BCUT2D eigenvalue weighted by Crippen LogP contribution is 2.03. The molecule has 0 aliphatic rings. The van der Waals surface area contributed by atoms with Crippen LogP contribution in [0.2, 0.25) is 0 Å². The molecule has 0 saturated heterocycles. The van der Waals surface area contributed by atoms with Gasteiger partial charge in [0, 0.05) is 5.37 Å². The SMILES string of the molecule is CC(C)C(C=S)=CN. The van der Waals surface area contributed by atoms with Gasteiger partial charge in [0.05, 0.1) is 0 Å². The van der Waals surface area contributed by atoms with Gasteiger partial charge in [-0.05, 0) is 17.7 Å². The molecule has 8 heavy (non-hydrogen) atoms. The number of nitrogens with two attached hydrogens (primary N) is 1. The minimum Gasteiger partial charge on any atom is -0.404 e. The average Bonchev–Trinajstić information content (AvgIpc) is 1.69. The van der Waals surface area contributed by atoms with E-state index in [0.717, 1.165) is 5.57 Å². The minimum atomic E-state index is 0.456. The van der Waals surface area contributed by atoms with Gasteiger partial charge in [-0.3, -0.25) is 0 Å². The van der Waals surface area contributed by atoms with Gasteiger partial charge in [-0.15, -0.1) is 0 Å². The summed E-state index contributed by atoms with van der Waals surface area (Å²) in [5.41, 5.74) is 6.25. The van der Waals surface area contributed by atoms with Crippen LogP contribution in [0.4, 0.5) is 0 Å². The van der Waals surface area contributed by atoms with E-state index in [1.165, 1.54) is 0 Å². The maximum Gasteiger partial charge on any atom is 0.00625 e. The lowest BCUT2D eigenvalue weighted by Gasteiger charge is -2.00. The molecule has 0 heterocycles. The van der Waals surface area contributed by atoms with E-state index in [0.29, 0.717) is 5.92 Å². The van der Waals surface area contributed by atoms with Crippen molar-refractivity contribution in [2.75, 3.05) is 0 Å². The summed E-state index contributed by atoms with van der Waals surface area (Å²) >= 11 is 4.68. The van der Waals surface area contributed by atoms with Crippen LogP contribution >= 0.6 is 12.2 Å². The summed E-state index contributed by atoms with van der Waals surface area (Å²) in [5.74, 6) is 0.456. The molecule has 0 atom stereocenters. The third-order valence-corrected chi connectivity index (χ3v) is 1.27. The standard InChI is InChI=1S/C6H11NS/c1-5(2)6(3-7)4-8/h3-5H,7H2,1-2H3. The first kappa shape index (κ1) is 7.63. The molecule has 1 nitrogen and oxygen atoms in total. The maximum absolute atomic E-state index is 5.22. The van der Waals surface area contributed by atoms with Crippen molar-refractivity contribution in [1.82, 2.24) is 0 Å². The lowest BCUT2D eigenvalue weighted by atomic mass is 10.1. The van der Waals surface area contributed by atoms with E-state index in [9.17, 15) is 0 Å². The Morgan fingerprint density at radius 2 is 2.12 bits per heavy atom. The van der Waals surface area contributed by atoms with E-state index < -0.39 is 0 Å². The van der Waals surface area contributed by atoms with Gasteiger partial charge in [-0.2, -0.15) is 0 Å². The molecule has 0 saturated carbocycles. The Hall–Kier alpha value is -0.370. The van der Waals surface area contributed by atoms with E-state index in [1.807, 2.05) is 0 Å². The summed E-state index contributed by atoms with van der Waals surface area (Å²) < 4.78 is 0. The smallest absolute Gasteiger partial charge is 0.00625 e. The summed E-state index contributed by atoms with van der Waals surface area (Å²) in [6.45, 7) is 4.11. The van der Waals surface area contributed by atoms with Crippen LogP contribution in [0, 0.1) is 5.92 Å². The molecular weight excluding hydrogens is 118 g/mol. The Bertz CT molecular complexity index is 105. The van der Waals surface area contributed by atoms with Crippen molar-refractivity contribution in [3.05, 3.63) is 11.8 Å². The van der Waals surface area contributed by atoms with Crippen LogP contribution in [-0.2, 0) is 0 Å². The van der Waals surface area contributed by atoms with E-state index in [-0.39, 0.29) is 0 Å². The lowest BCUT2D eigenvalue weighted by molar-refractivity contribution is 0.806. The summed E-state index contributed by atoms with van der Waals surface area (Å²) in [4.78, 5) is 0. The van der Waals surface area contributed by atoms with Crippen LogP contribution < -0.4 is 5.73 Å². The quantitative estimate of drug-likeness (QED) is 0.451. The minimum absolute atomic E-state index is 0.456. The zero-order valence-corrected chi connectivity index (χ0v) is 6.03. The third-order valence-electron chi connectivity index (χ3n) is 0.995. The van der Waals surface area contributed by atoms with Gasteiger partial charge in [0.2, 0.25) is 0 Å². The van der Waals surface area contributed by atoms with Crippen molar-refractivity contribution in [1.29, 1.82) is 0 Å². The molecule has 0 radical (unpaired) electrons. The second-order valence-electron chi connectivity index (χ2n) is 1.94. The second-order valence-corrected chi connectivity index (χ2v) is 2.17. The predicted octanol–water partition coefficient (Wildman–Crippen LogP) is 1.48. The first-order chi connectivity index (χ1) is 3.72. The first-order valence-electron chi connectivity index (χ1n) is 2.59. The molecule has 0 unspecified atom stereocenters. The summed E-state index contributed by atoms with van der Waals surface area (Å²) in [6, 6.07) is 0. The number of hydrogen-bond acceptors (Lipinski definition) is 2. The Morgan fingerprint density at radius 3 is 2.12 bits per heavy atom. The van der Waals surface area contributed by atoms with Crippen LogP contribution in [0.25, 0.3) is 0 Å². The average molecular weight is 129 g/mol. The van der Waals surface area contributed by atoms with Crippen molar-refractivity contribution in [3.8, 4) is 0 Å². The Morgan fingerprint density at radius 1 is 1.62 bits per heavy atom. The Kier molecular flexibility index (Phi) is 3.44. The summed E-state index contributed by atoms with van der Waals surface area (Å²) in [6.07, 6.45) is 1.55. The van der Waals surface area contributed by atoms with Crippen LogP contribution in [-0.4, -0.2) is 5.37 Å². The van der Waals surface area contributed by atoms with E-state index in [2.05, 4.69) is 26.1 Å². The van der Waals surface area contributed by atoms with Crippen LogP contribution in [0.3, 0.4) is 0 Å². The van der Waals surface area contributed by atoms with E-state index in [1.54, 1.807) is 11.6 Å². The van der Waals surface area contributed by atoms with Gasteiger partial charge in [-0.1, -0.05) is 26.1 Å². The number of hydrogen-bond donors (Lipinski definition) is 1. The van der Waals surface area contributed by atoms with Crippen molar-refractivity contribution < 1.29 is 0 Å². The Labute approximate surface area is 55.6 Å². The molecule has 0 aromatic rings. The molecule has 0 rings (SSSR count). The van der Waals surface area contributed by atoms with E-state index in [4.69, 9.17) is 5.73 Å². The molecule has 0 aliphatic heterocycles. The molecule has 46 valence electrons. The Balaban J connectivity index is 3.91. The van der Waals surface area contributed by atoms with Crippen molar-refractivity contribution in [3.63, 3.8) is 0 Å². The zero-order valence-electron chi connectivity index (χ0n) is 5.22. The second kappa shape index (κ2) is 3.61. The maximum atomic E-state index is 5.22.